The van der Waals surface area contributed by atoms with Gasteiger partial charge in [-0.1, -0.05) is 38.2 Å². The number of rotatable bonds is 6. The van der Waals surface area contributed by atoms with Gasteiger partial charge in [0.15, 0.2) is 0 Å². The summed E-state index contributed by atoms with van der Waals surface area (Å²) in [7, 11) is -3.47. The van der Waals surface area contributed by atoms with Gasteiger partial charge in [0.1, 0.15) is 0 Å². The van der Waals surface area contributed by atoms with Crippen molar-refractivity contribution in [3.63, 3.8) is 0 Å². The quantitative estimate of drug-likeness (QED) is 0.708. The number of nitrogens with zero attached hydrogens (tertiary/aromatic N) is 1. The van der Waals surface area contributed by atoms with Gasteiger partial charge in [-0.25, -0.2) is 8.42 Å². The van der Waals surface area contributed by atoms with E-state index in [9.17, 15) is 13.2 Å². The van der Waals surface area contributed by atoms with Crippen molar-refractivity contribution in [1.29, 1.82) is 0 Å². The second-order valence-electron chi connectivity index (χ2n) is 8.05. The van der Waals surface area contributed by atoms with Crippen molar-refractivity contribution >= 4 is 21.6 Å². The van der Waals surface area contributed by atoms with Gasteiger partial charge in [0, 0.05) is 24.8 Å². The van der Waals surface area contributed by atoms with Gasteiger partial charge in [-0.2, -0.15) is 4.31 Å². The van der Waals surface area contributed by atoms with Crippen molar-refractivity contribution in [3.8, 4) is 0 Å². The minimum absolute atomic E-state index is 0.0319. The van der Waals surface area contributed by atoms with Gasteiger partial charge in [-0.15, -0.1) is 0 Å². The summed E-state index contributed by atoms with van der Waals surface area (Å²) in [6.45, 7) is 3.25. The maximum Gasteiger partial charge on any atom is 0.243 e. The number of piperidine rings is 1. The Hall–Kier alpha value is -1.60. The van der Waals surface area contributed by atoms with Crippen LogP contribution in [0.2, 0.25) is 0 Å². The first-order chi connectivity index (χ1) is 13.5. The van der Waals surface area contributed by atoms with Crippen LogP contribution in [-0.2, 0) is 14.8 Å². The second kappa shape index (κ2) is 9.74. The molecular weight excluding hydrogens is 374 g/mol. The van der Waals surface area contributed by atoms with E-state index in [-0.39, 0.29) is 18.5 Å². The summed E-state index contributed by atoms with van der Waals surface area (Å²) in [4.78, 5) is 12.6. The first kappa shape index (κ1) is 21.1. The molecule has 0 spiro atoms. The van der Waals surface area contributed by atoms with E-state index in [0.29, 0.717) is 23.7 Å². The number of carbonyl (C=O) groups excluding carboxylic acids is 1. The molecule has 2 N–H and O–H groups in total. The first-order valence-corrected chi connectivity index (χ1v) is 12.0. The predicted octanol–water partition coefficient (Wildman–Crippen LogP) is 3.42. The Morgan fingerprint density at radius 1 is 1.04 bits per heavy atom. The van der Waals surface area contributed by atoms with Gasteiger partial charge in [-0.05, 0) is 50.3 Å². The van der Waals surface area contributed by atoms with Gasteiger partial charge < -0.3 is 10.6 Å². The smallest absolute Gasteiger partial charge is 0.243 e. The molecule has 1 saturated heterocycles. The van der Waals surface area contributed by atoms with Crippen molar-refractivity contribution in [2.24, 2.45) is 0 Å². The topological polar surface area (TPSA) is 78.5 Å². The summed E-state index contributed by atoms with van der Waals surface area (Å²) in [6.07, 6.45) is 9.87. The van der Waals surface area contributed by atoms with Crippen LogP contribution in [0.1, 0.15) is 63.4 Å². The molecule has 1 aromatic rings. The van der Waals surface area contributed by atoms with Gasteiger partial charge in [0.25, 0.3) is 0 Å². The average Bonchev–Trinajstić information content (AvgIpc) is 2.96. The van der Waals surface area contributed by atoms with Crippen molar-refractivity contribution in [1.82, 2.24) is 9.62 Å². The molecule has 1 aliphatic carbocycles. The first-order valence-electron chi connectivity index (χ1n) is 10.6. The fourth-order valence-electron chi connectivity index (χ4n) is 4.08. The van der Waals surface area contributed by atoms with Crippen molar-refractivity contribution in [3.05, 3.63) is 23.8 Å². The number of sulfonamides is 1. The molecule has 1 saturated carbocycles. The average molecular weight is 408 g/mol. The third kappa shape index (κ3) is 5.47. The lowest BCUT2D eigenvalue weighted by molar-refractivity contribution is -0.120. The summed E-state index contributed by atoms with van der Waals surface area (Å²) < 4.78 is 27.4. The minimum atomic E-state index is -3.47. The van der Waals surface area contributed by atoms with Crippen molar-refractivity contribution in [2.45, 2.75) is 75.6 Å². The molecule has 0 aromatic heterocycles. The fourth-order valence-corrected chi connectivity index (χ4v) is 5.63. The number of carbonyl (C=O) groups is 1. The Labute approximate surface area is 169 Å². The monoisotopic (exact) mass is 407 g/mol. The summed E-state index contributed by atoms with van der Waals surface area (Å²) in [5.41, 5.74) is 1.63. The van der Waals surface area contributed by atoms with E-state index in [4.69, 9.17) is 0 Å². The summed E-state index contributed by atoms with van der Waals surface area (Å²) in [5, 5.41) is 6.26. The number of hydrogen-bond acceptors (Lipinski definition) is 4. The molecule has 0 unspecified atom stereocenters. The molecule has 28 heavy (non-hydrogen) atoms. The third-order valence-electron chi connectivity index (χ3n) is 5.82. The highest BCUT2D eigenvalue weighted by Crippen LogP contribution is 2.25. The molecule has 156 valence electrons. The summed E-state index contributed by atoms with van der Waals surface area (Å²) in [6, 6.07) is 5.40. The molecule has 3 rings (SSSR count). The Balaban J connectivity index is 1.62. The predicted molar refractivity (Wildman–Crippen MR) is 112 cm³/mol. The van der Waals surface area contributed by atoms with E-state index in [1.165, 1.54) is 25.7 Å². The zero-order chi connectivity index (χ0) is 20.0. The van der Waals surface area contributed by atoms with Gasteiger partial charge in [0.05, 0.1) is 11.4 Å². The molecule has 1 heterocycles. The van der Waals surface area contributed by atoms with E-state index in [1.54, 1.807) is 16.4 Å². The van der Waals surface area contributed by atoms with Crippen LogP contribution in [-0.4, -0.2) is 44.3 Å². The number of nitrogens with one attached hydrogen (secondary N) is 2. The van der Waals surface area contributed by atoms with Crippen LogP contribution < -0.4 is 10.6 Å². The number of hydrogen-bond donors (Lipinski definition) is 2. The zero-order valence-corrected chi connectivity index (χ0v) is 17.7. The molecule has 1 aliphatic heterocycles. The normalized spacial score (nSPS) is 19.8. The Kier molecular flexibility index (Phi) is 7.35. The SMILES string of the molecule is Cc1ccc(S(=O)(=O)N2CCCCC2)cc1NCC(=O)NC1CCCCCC1. The highest BCUT2D eigenvalue weighted by molar-refractivity contribution is 7.89. The largest absolute Gasteiger partial charge is 0.376 e. The van der Waals surface area contributed by atoms with E-state index in [0.717, 1.165) is 37.7 Å². The van der Waals surface area contributed by atoms with Crippen LogP contribution >= 0.6 is 0 Å². The highest BCUT2D eigenvalue weighted by Gasteiger charge is 2.26. The zero-order valence-electron chi connectivity index (χ0n) is 16.9. The Morgan fingerprint density at radius 2 is 1.68 bits per heavy atom. The van der Waals surface area contributed by atoms with E-state index in [1.807, 2.05) is 13.0 Å². The van der Waals surface area contributed by atoms with Gasteiger partial charge >= 0.3 is 0 Å². The van der Waals surface area contributed by atoms with E-state index >= 15 is 0 Å². The third-order valence-corrected chi connectivity index (χ3v) is 7.72. The maximum atomic E-state index is 12.9. The molecule has 0 bridgehead atoms. The number of aryl methyl sites for hydroxylation is 1. The number of amides is 1. The van der Waals surface area contributed by atoms with Crippen molar-refractivity contribution < 1.29 is 13.2 Å². The summed E-state index contributed by atoms with van der Waals surface area (Å²) in [5.74, 6) is -0.0319. The molecule has 2 aliphatic rings. The van der Waals surface area contributed by atoms with Crippen LogP contribution in [0.15, 0.2) is 23.1 Å². The number of benzene rings is 1. The van der Waals surface area contributed by atoms with Crippen LogP contribution in [0.5, 0.6) is 0 Å². The molecule has 1 amide bonds. The van der Waals surface area contributed by atoms with E-state index < -0.39 is 10.0 Å². The minimum Gasteiger partial charge on any atom is -0.376 e. The Bertz CT molecular complexity index is 765. The molecule has 7 heteroatoms. The number of anilines is 1. The molecule has 0 radical (unpaired) electrons. The second-order valence-corrected chi connectivity index (χ2v) is 9.99. The summed E-state index contributed by atoms with van der Waals surface area (Å²) >= 11 is 0. The molecule has 1 aromatic carbocycles. The standard InChI is InChI=1S/C21H33N3O3S/c1-17-11-12-19(28(26,27)24-13-7-4-8-14-24)15-20(17)22-16-21(25)23-18-9-5-2-3-6-10-18/h11-12,15,18,22H,2-10,13-14,16H2,1H3,(H,23,25). The molecule has 6 nitrogen and oxygen atoms in total. The van der Waals surface area contributed by atoms with Gasteiger partial charge in [-0.3, -0.25) is 4.79 Å². The van der Waals surface area contributed by atoms with Crippen LogP contribution in [0.25, 0.3) is 0 Å². The molecule has 0 atom stereocenters. The van der Waals surface area contributed by atoms with E-state index in [2.05, 4.69) is 10.6 Å². The van der Waals surface area contributed by atoms with Crippen LogP contribution in [0.4, 0.5) is 5.69 Å². The molecular formula is C21H33N3O3S. The fraction of sp³-hybridized carbons (Fsp3) is 0.667. The Morgan fingerprint density at radius 3 is 2.36 bits per heavy atom. The van der Waals surface area contributed by atoms with Crippen molar-refractivity contribution in [2.75, 3.05) is 25.0 Å². The van der Waals surface area contributed by atoms with Crippen LogP contribution in [0, 0.1) is 6.92 Å². The lowest BCUT2D eigenvalue weighted by atomic mass is 10.1. The van der Waals surface area contributed by atoms with Gasteiger partial charge in [0.2, 0.25) is 15.9 Å². The highest BCUT2D eigenvalue weighted by atomic mass is 32.2. The lowest BCUT2D eigenvalue weighted by Crippen LogP contribution is -2.38. The van der Waals surface area contributed by atoms with Crippen LogP contribution in [0.3, 0.4) is 0 Å². The maximum absolute atomic E-state index is 12.9. The molecule has 2 fully saturated rings. The lowest BCUT2D eigenvalue weighted by Gasteiger charge is -2.26.